The van der Waals surface area contributed by atoms with Crippen molar-refractivity contribution < 1.29 is 9.21 Å². The van der Waals surface area contributed by atoms with Gasteiger partial charge in [-0.25, -0.2) is 9.78 Å². The Morgan fingerprint density at radius 2 is 2.10 bits per heavy atom. The maximum atomic E-state index is 12.7. The highest BCUT2D eigenvalue weighted by atomic mass is 32.2. The normalized spacial score (nSPS) is 11.2. The molecular formula is C20H17N3O4S2. The number of nitrogens with one attached hydrogen (secondary N) is 1. The van der Waals surface area contributed by atoms with E-state index in [2.05, 4.69) is 10.3 Å². The van der Waals surface area contributed by atoms with Crippen molar-refractivity contribution in [3.05, 3.63) is 62.0 Å². The molecule has 29 heavy (non-hydrogen) atoms. The van der Waals surface area contributed by atoms with Crippen molar-refractivity contribution in [3.63, 3.8) is 0 Å². The summed E-state index contributed by atoms with van der Waals surface area (Å²) in [6, 6.07) is 8.48. The topological polar surface area (TPSA) is 94.2 Å². The van der Waals surface area contributed by atoms with Gasteiger partial charge in [0.1, 0.15) is 10.3 Å². The van der Waals surface area contributed by atoms with Gasteiger partial charge in [-0.15, -0.1) is 11.3 Å². The van der Waals surface area contributed by atoms with Crippen molar-refractivity contribution >= 4 is 55.9 Å². The Hall–Kier alpha value is -2.91. The van der Waals surface area contributed by atoms with Crippen LogP contribution in [0, 0.1) is 0 Å². The first-order valence-electron chi connectivity index (χ1n) is 8.91. The van der Waals surface area contributed by atoms with E-state index in [9.17, 15) is 14.4 Å². The lowest BCUT2D eigenvalue weighted by atomic mass is 10.1. The molecule has 9 heteroatoms. The highest BCUT2D eigenvalue weighted by molar-refractivity contribution is 7.98. The highest BCUT2D eigenvalue weighted by Gasteiger charge is 2.13. The molecule has 0 saturated heterocycles. The summed E-state index contributed by atoms with van der Waals surface area (Å²) in [4.78, 5) is 40.6. The third-order valence-corrected chi connectivity index (χ3v) is 6.27. The second-order valence-electron chi connectivity index (χ2n) is 6.35. The molecule has 0 aliphatic heterocycles. The van der Waals surface area contributed by atoms with Crippen LogP contribution >= 0.6 is 23.1 Å². The number of anilines is 1. The Morgan fingerprint density at radius 1 is 1.28 bits per heavy atom. The van der Waals surface area contributed by atoms with Gasteiger partial charge in [-0.05, 0) is 36.1 Å². The number of thiophene rings is 1. The molecule has 0 aliphatic rings. The standard InChI is InChI=1S/C20H17N3O4S2/c1-3-23-19(26)18-15(6-7-28-18)22-20(23)29-10-12-8-17(25)27-16-9-13(21-11(2)24)4-5-14(12)16/h4-9H,3,10H2,1-2H3,(H,21,24). The van der Waals surface area contributed by atoms with E-state index in [0.29, 0.717) is 38.9 Å². The fourth-order valence-electron chi connectivity index (χ4n) is 3.09. The minimum atomic E-state index is -0.470. The van der Waals surface area contributed by atoms with Crippen LogP contribution in [0.25, 0.3) is 21.2 Å². The molecule has 0 spiro atoms. The number of amides is 1. The van der Waals surface area contributed by atoms with Gasteiger partial charge in [0.05, 0.1) is 5.52 Å². The smallest absolute Gasteiger partial charge is 0.336 e. The second-order valence-corrected chi connectivity index (χ2v) is 8.21. The summed E-state index contributed by atoms with van der Waals surface area (Å²) in [6.07, 6.45) is 0. The molecule has 4 rings (SSSR count). The van der Waals surface area contributed by atoms with E-state index >= 15 is 0 Å². The number of thioether (sulfide) groups is 1. The van der Waals surface area contributed by atoms with Crippen LogP contribution in [0.15, 0.2) is 54.9 Å². The molecule has 1 aromatic carbocycles. The van der Waals surface area contributed by atoms with Crippen LogP contribution in [0.3, 0.4) is 0 Å². The highest BCUT2D eigenvalue weighted by Crippen LogP contribution is 2.28. The molecule has 3 heterocycles. The van der Waals surface area contributed by atoms with Crippen LogP contribution in [-0.4, -0.2) is 15.5 Å². The lowest BCUT2D eigenvalue weighted by Crippen LogP contribution is -2.21. The molecule has 0 radical (unpaired) electrons. The Labute approximate surface area is 173 Å². The van der Waals surface area contributed by atoms with Gasteiger partial charge in [0.2, 0.25) is 5.91 Å². The van der Waals surface area contributed by atoms with Crippen molar-refractivity contribution in [2.75, 3.05) is 5.32 Å². The van der Waals surface area contributed by atoms with Gasteiger partial charge in [0.15, 0.2) is 5.16 Å². The Balaban J connectivity index is 1.71. The van der Waals surface area contributed by atoms with Gasteiger partial charge in [0.25, 0.3) is 5.56 Å². The van der Waals surface area contributed by atoms with Crippen molar-refractivity contribution in [2.45, 2.75) is 31.3 Å². The lowest BCUT2D eigenvalue weighted by molar-refractivity contribution is -0.114. The van der Waals surface area contributed by atoms with Crippen molar-refractivity contribution in [3.8, 4) is 0 Å². The summed E-state index contributed by atoms with van der Waals surface area (Å²) >= 11 is 2.79. The van der Waals surface area contributed by atoms with Crippen molar-refractivity contribution in [1.29, 1.82) is 0 Å². The number of carbonyl (C=O) groups excluding carboxylic acids is 1. The molecule has 1 amide bonds. The van der Waals surface area contributed by atoms with Crippen LogP contribution in [-0.2, 0) is 17.1 Å². The third-order valence-electron chi connectivity index (χ3n) is 4.35. The zero-order chi connectivity index (χ0) is 20.5. The van der Waals surface area contributed by atoms with Crippen LogP contribution < -0.4 is 16.5 Å². The van der Waals surface area contributed by atoms with E-state index < -0.39 is 5.63 Å². The van der Waals surface area contributed by atoms with E-state index in [1.165, 1.54) is 36.1 Å². The summed E-state index contributed by atoms with van der Waals surface area (Å²) in [7, 11) is 0. The van der Waals surface area contributed by atoms with E-state index in [1.807, 2.05) is 24.4 Å². The Morgan fingerprint density at radius 3 is 2.86 bits per heavy atom. The van der Waals surface area contributed by atoms with Crippen LogP contribution in [0.2, 0.25) is 0 Å². The minimum absolute atomic E-state index is 0.0487. The van der Waals surface area contributed by atoms with Gasteiger partial charge in [-0.1, -0.05) is 11.8 Å². The van der Waals surface area contributed by atoms with Crippen molar-refractivity contribution in [2.24, 2.45) is 0 Å². The number of rotatable bonds is 5. The van der Waals surface area contributed by atoms with Gasteiger partial charge in [0, 0.05) is 42.4 Å². The van der Waals surface area contributed by atoms with Crippen LogP contribution in [0.4, 0.5) is 5.69 Å². The monoisotopic (exact) mass is 427 g/mol. The largest absolute Gasteiger partial charge is 0.423 e. The zero-order valence-corrected chi connectivity index (χ0v) is 17.4. The van der Waals surface area contributed by atoms with Crippen LogP contribution in [0.5, 0.6) is 0 Å². The summed E-state index contributed by atoms with van der Waals surface area (Å²) in [5, 5.41) is 5.92. The fraction of sp³-hybridized carbons (Fsp3) is 0.200. The van der Waals surface area contributed by atoms with E-state index in [1.54, 1.807) is 16.7 Å². The molecule has 0 saturated carbocycles. The van der Waals surface area contributed by atoms with Gasteiger partial charge >= 0.3 is 5.63 Å². The molecular weight excluding hydrogens is 410 g/mol. The maximum Gasteiger partial charge on any atom is 0.336 e. The number of hydrogen-bond acceptors (Lipinski definition) is 7. The molecule has 7 nitrogen and oxygen atoms in total. The molecule has 148 valence electrons. The summed E-state index contributed by atoms with van der Waals surface area (Å²) in [5.74, 6) is 0.245. The van der Waals surface area contributed by atoms with Gasteiger partial charge in [-0.2, -0.15) is 0 Å². The molecule has 0 atom stereocenters. The Bertz CT molecular complexity index is 1350. The maximum absolute atomic E-state index is 12.7. The Kier molecular flexibility index (Phi) is 5.25. The first kappa shape index (κ1) is 19.4. The average Bonchev–Trinajstić information content (AvgIpc) is 3.14. The number of hydrogen-bond donors (Lipinski definition) is 1. The predicted molar refractivity (Wildman–Crippen MR) is 116 cm³/mol. The number of fused-ring (bicyclic) bond motifs is 2. The van der Waals surface area contributed by atoms with Crippen molar-refractivity contribution in [1.82, 2.24) is 9.55 Å². The average molecular weight is 428 g/mol. The molecule has 0 unspecified atom stereocenters. The summed E-state index contributed by atoms with van der Waals surface area (Å²) < 4.78 is 7.59. The first-order valence-corrected chi connectivity index (χ1v) is 10.8. The molecule has 3 aromatic heterocycles. The van der Waals surface area contributed by atoms with Gasteiger partial charge in [-0.3, -0.25) is 14.2 Å². The summed E-state index contributed by atoms with van der Waals surface area (Å²) in [6.45, 7) is 3.83. The quantitative estimate of drug-likeness (QED) is 0.295. The first-order chi connectivity index (χ1) is 14.0. The second kappa shape index (κ2) is 7.84. The molecule has 0 aliphatic carbocycles. The molecule has 4 aromatic rings. The number of benzene rings is 1. The lowest BCUT2D eigenvalue weighted by Gasteiger charge is -2.11. The molecule has 1 N–H and O–H groups in total. The number of aromatic nitrogens is 2. The van der Waals surface area contributed by atoms with Gasteiger partial charge < -0.3 is 9.73 Å². The number of carbonyl (C=O) groups is 1. The SMILES string of the molecule is CCn1c(SCc2cc(=O)oc3cc(NC(C)=O)ccc23)nc2ccsc2c1=O. The van der Waals surface area contributed by atoms with E-state index in [4.69, 9.17) is 4.42 Å². The van der Waals surface area contributed by atoms with E-state index in [0.717, 1.165) is 10.9 Å². The summed E-state index contributed by atoms with van der Waals surface area (Å²) in [5.41, 5.74) is 1.90. The van der Waals surface area contributed by atoms with E-state index in [-0.39, 0.29) is 11.5 Å². The fourth-order valence-corrected chi connectivity index (χ4v) is 4.92. The zero-order valence-electron chi connectivity index (χ0n) is 15.7. The molecule has 0 fully saturated rings. The molecule has 0 bridgehead atoms. The number of nitrogens with zero attached hydrogens (tertiary/aromatic N) is 2. The predicted octanol–water partition coefficient (Wildman–Crippen LogP) is 3.84. The third kappa shape index (κ3) is 3.83. The minimum Gasteiger partial charge on any atom is -0.423 e. The van der Waals surface area contributed by atoms with Crippen LogP contribution in [0.1, 0.15) is 19.4 Å².